The number of alkyl carbamates (subject to hydrolysis) is 1. The van der Waals surface area contributed by atoms with Gasteiger partial charge in [-0.15, -0.1) is 0 Å². The molecule has 25 heavy (non-hydrogen) atoms. The normalized spacial score (nSPS) is 23.3. The molecule has 0 atom stereocenters. The minimum atomic E-state index is -0.508. The Kier molecular flexibility index (Phi) is 3.63. The first-order chi connectivity index (χ1) is 11.8. The van der Waals surface area contributed by atoms with E-state index in [9.17, 15) is 9.59 Å². The van der Waals surface area contributed by atoms with Gasteiger partial charge in [-0.25, -0.2) is 14.6 Å². The molecule has 0 bridgehead atoms. The van der Waals surface area contributed by atoms with Crippen LogP contribution in [0.5, 0.6) is 0 Å². The second kappa shape index (κ2) is 5.61. The Morgan fingerprint density at radius 1 is 1.24 bits per heavy atom. The molecule has 2 saturated carbocycles. The molecule has 0 spiro atoms. The summed E-state index contributed by atoms with van der Waals surface area (Å²) in [6.07, 6.45) is 4.88. The van der Waals surface area contributed by atoms with Crippen molar-refractivity contribution in [2.45, 2.75) is 70.2 Å². The summed E-state index contributed by atoms with van der Waals surface area (Å²) < 4.78 is 8.98. The molecule has 0 saturated heterocycles. The third-order valence-electron chi connectivity index (χ3n) is 4.78. The zero-order chi connectivity index (χ0) is 17.8. The molecule has 2 aliphatic rings. The van der Waals surface area contributed by atoms with E-state index in [0.29, 0.717) is 6.04 Å². The van der Waals surface area contributed by atoms with Crippen LogP contribution in [0.25, 0.3) is 11.2 Å². The third-order valence-corrected chi connectivity index (χ3v) is 4.78. The Bertz CT molecular complexity index is 867. The van der Waals surface area contributed by atoms with E-state index >= 15 is 0 Å². The maximum absolute atomic E-state index is 12.9. The highest BCUT2D eigenvalue weighted by atomic mass is 16.6. The molecule has 2 aromatic heterocycles. The Labute approximate surface area is 146 Å². The summed E-state index contributed by atoms with van der Waals surface area (Å²) in [6.45, 7) is 5.52. The number of imidazole rings is 1. The quantitative estimate of drug-likeness (QED) is 0.929. The number of carbonyl (C=O) groups excluding carboxylic acids is 1. The van der Waals surface area contributed by atoms with Crippen molar-refractivity contribution >= 4 is 17.3 Å². The fraction of sp³-hybridized carbons (Fsp3) is 0.611. The van der Waals surface area contributed by atoms with E-state index in [4.69, 9.17) is 4.74 Å². The Morgan fingerprint density at radius 3 is 2.60 bits per heavy atom. The van der Waals surface area contributed by atoms with Gasteiger partial charge in [-0.2, -0.15) is 0 Å². The Balaban J connectivity index is 1.51. The van der Waals surface area contributed by atoms with Gasteiger partial charge in [0.05, 0.1) is 5.52 Å². The van der Waals surface area contributed by atoms with Crippen molar-refractivity contribution in [1.82, 2.24) is 19.4 Å². The smallest absolute Gasteiger partial charge is 0.407 e. The topological polar surface area (TPSA) is 78.1 Å². The number of pyridine rings is 1. The lowest BCUT2D eigenvalue weighted by molar-refractivity contribution is 0.0456. The molecule has 0 aliphatic heterocycles. The highest BCUT2D eigenvalue weighted by molar-refractivity contribution is 5.72. The number of aromatic nitrogens is 3. The molecule has 134 valence electrons. The summed E-state index contributed by atoms with van der Waals surface area (Å²) in [6, 6.07) is 4.27. The van der Waals surface area contributed by atoms with Crippen LogP contribution in [0.1, 0.15) is 58.5 Å². The number of fused-ring (bicyclic) bond motifs is 1. The number of ether oxygens (including phenoxy) is 1. The fourth-order valence-corrected chi connectivity index (χ4v) is 3.48. The van der Waals surface area contributed by atoms with Crippen molar-refractivity contribution < 1.29 is 9.53 Å². The molecule has 2 aromatic rings. The lowest BCUT2D eigenvalue weighted by Crippen LogP contribution is -2.48. The minimum Gasteiger partial charge on any atom is -0.444 e. The number of hydrogen-bond acceptors (Lipinski definition) is 4. The molecule has 0 radical (unpaired) electrons. The minimum absolute atomic E-state index is 0.0249. The van der Waals surface area contributed by atoms with E-state index in [0.717, 1.165) is 36.8 Å². The number of nitrogens with one attached hydrogen (secondary N) is 1. The summed E-state index contributed by atoms with van der Waals surface area (Å²) in [7, 11) is 0. The fourth-order valence-electron chi connectivity index (χ4n) is 3.48. The molecule has 7 heteroatoms. The zero-order valence-corrected chi connectivity index (χ0v) is 14.9. The van der Waals surface area contributed by atoms with Crippen LogP contribution in [0.15, 0.2) is 23.1 Å². The van der Waals surface area contributed by atoms with Crippen molar-refractivity contribution in [3.63, 3.8) is 0 Å². The molecule has 0 aromatic carbocycles. The molecule has 4 rings (SSSR count). The average molecular weight is 344 g/mol. The van der Waals surface area contributed by atoms with Gasteiger partial charge in [-0.05, 0) is 58.6 Å². The molecular weight excluding hydrogens is 320 g/mol. The van der Waals surface area contributed by atoms with Gasteiger partial charge in [-0.3, -0.25) is 9.13 Å². The highest BCUT2D eigenvalue weighted by Crippen LogP contribution is 2.38. The number of amides is 1. The van der Waals surface area contributed by atoms with E-state index in [-0.39, 0.29) is 17.8 Å². The summed E-state index contributed by atoms with van der Waals surface area (Å²) >= 11 is 0. The molecular formula is C18H24N4O3. The van der Waals surface area contributed by atoms with E-state index in [1.807, 2.05) is 37.5 Å². The van der Waals surface area contributed by atoms with Gasteiger partial charge < -0.3 is 10.1 Å². The number of hydrogen-bond donors (Lipinski definition) is 1. The predicted molar refractivity (Wildman–Crippen MR) is 93.7 cm³/mol. The molecule has 0 unspecified atom stereocenters. The molecule has 2 fully saturated rings. The molecule has 1 N–H and O–H groups in total. The van der Waals surface area contributed by atoms with Crippen LogP contribution >= 0.6 is 0 Å². The van der Waals surface area contributed by atoms with E-state index < -0.39 is 11.7 Å². The number of nitrogens with zero attached hydrogens (tertiary/aromatic N) is 3. The standard InChI is InChI=1S/C18H24N4O3/c1-18(2,3)25-16(23)20-11-9-13(10-11)22-15-14(5-4-8-19-15)21(17(22)24)12-6-7-12/h4-5,8,11-13H,6-7,9-10H2,1-3H3,(H,20,23). The molecule has 1 amide bonds. The van der Waals surface area contributed by atoms with Gasteiger partial charge in [0, 0.05) is 24.3 Å². The molecule has 2 heterocycles. The van der Waals surface area contributed by atoms with Crippen LogP contribution in [0, 0.1) is 0 Å². The largest absolute Gasteiger partial charge is 0.444 e. The van der Waals surface area contributed by atoms with Crippen LogP contribution in [-0.4, -0.2) is 31.9 Å². The van der Waals surface area contributed by atoms with Crippen molar-refractivity contribution in [3.05, 3.63) is 28.8 Å². The van der Waals surface area contributed by atoms with Crippen molar-refractivity contribution in [2.75, 3.05) is 0 Å². The third kappa shape index (κ3) is 3.03. The Morgan fingerprint density at radius 2 is 1.96 bits per heavy atom. The van der Waals surface area contributed by atoms with Gasteiger partial charge in [0.1, 0.15) is 5.60 Å². The van der Waals surface area contributed by atoms with Crippen molar-refractivity contribution in [1.29, 1.82) is 0 Å². The monoisotopic (exact) mass is 344 g/mol. The van der Waals surface area contributed by atoms with Crippen molar-refractivity contribution in [3.8, 4) is 0 Å². The summed E-state index contributed by atoms with van der Waals surface area (Å²) in [5, 5.41) is 2.88. The van der Waals surface area contributed by atoms with E-state index in [2.05, 4.69) is 10.3 Å². The van der Waals surface area contributed by atoms with Crippen LogP contribution in [0.2, 0.25) is 0 Å². The second-order valence-electron chi connectivity index (χ2n) is 8.07. The van der Waals surface area contributed by atoms with Crippen LogP contribution in [0.4, 0.5) is 4.79 Å². The lowest BCUT2D eigenvalue weighted by Gasteiger charge is -2.36. The molecule has 2 aliphatic carbocycles. The lowest BCUT2D eigenvalue weighted by atomic mass is 9.86. The second-order valence-corrected chi connectivity index (χ2v) is 8.07. The maximum atomic E-state index is 12.9. The highest BCUT2D eigenvalue weighted by Gasteiger charge is 2.37. The number of carbonyl (C=O) groups is 1. The van der Waals surface area contributed by atoms with Crippen LogP contribution in [-0.2, 0) is 4.74 Å². The average Bonchev–Trinajstić information content (AvgIpc) is 3.25. The van der Waals surface area contributed by atoms with Crippen LogP contribution in [0.3, 0.4) is 0 Å². The summed E-state index contributed by atoms with van der Waals surface area (Å²) in [5.41, 5.74) is 1.18. The van der Waals surface area contributed by atoms with Gasteiger partial charge in [0.15, 0.2) is 5.65 Å². The summed E-state index contributed by atoms with van der Waals surface area (Å²) in [5.74, 6) is 0. The Hall–Kier alpha value is -2.31. The maximum Gasteiger partial charge on any atom is 0.407 e. The van der Waals surface area contributed by atoms with Gasteiger partial charge in [-0.1, -0.05) is 0 Å². The summed E-state index contributed by atoms with van der Waals surface area (Å²) in [4.78, 5) is 29.2. The SMILES string of the molecule is CC(C)(C)OC(=O)NC1CC(n2c(=O)n(C3CC3)c3cccnc32)C1. The molecule has 7 nitrogen and oxygen atoms in total. The van der Waals surface area contributed by atoms with Gasteiger partial charge in [0.25, 0.3) is 0 Å². The first-order valence-electron chi connectivity index (χ1n) is 8.90. The first-order valence-corrected chi connectivity index (χ1v) is 8.90. The predicted octanol–water partition coefficient (Wildman–Crippen LogP) is 2.76. The van der Waals surface area contributed by atoms with Gasteiger partial charge >= 0.3 is 11.8 Å². The van der Waals surface area contributed by atoms with E-state index in [1.165, 1.54) is 0 Å². The zero-order valence-electron chi connectivity index (χ0n) is 14.9. The van der Waals surface area contributed by atoms with Gasteiger partial charge in [0.2, 0.25) is 0 Å². The van der Waals surface area contributed by atoms with Crippen LogP contribution < -0.4 is 11.0 Å². The number of rotatable bonds is 3. The van der Waals surface area contributed by atoms with E-state index in [1.54, 1.807) is 10.8 Å². The van der Waals surface area contributed by atoms with Crippen molar-refractivity contribution in [2.24, 2.45) is 0 Å². The first kappa shape index (κ1) is 16.2.